The minimum Gasteiger partial charge on any atom is -0.480 e. The number of carboxylic acid groups (broad SMARTS) is 1. The number of carboxylic acids is 1. The summed E-state index contributed by atoms with van der Waals surface area (Å²) in [7, 11) is 0. The Kier molecular flexibility index (Phi) is 5.39. The van der Waals surface area contributed by atoms with Crippen LogP contribution in [0.2, 0.25) is 0 Å². The van der Waals surface area contributed by atoms with Crippen LogP contribution in [-0.4, -0.2) is 45.9 Å². The number of nitro groups is 1. The number of nitro benzene ring substituents is 1. The number of anilines is 1. The first-order valence-electron chi connectivity index (χ1n) is 8.98. The summed E-state index contributed by atoms with van der Waals surface area (Å²) >= 11 is 0. The predicted octanol–water partition coefficient (Wildman–Crippen LogP) is 2.50. The molecule has 2 fully saturated rings. The minimum absolute atomic E-state index is 0.0324. The molecule has 1 aliphatic carbocycles. The van der Waals surface area contributed by atoms with Crippen molar-refractivity contribution in [1.29, 1.82) is 0 Å². The van der Waals surface area contributed by atoms with Crippen LogP contribution in [-0.2, 0) is 9.59 Å². The van der Waals surface area contributed by atoms with Crippen LogP contribution >= 0.6 is 0 Å². The SMILES string of the molecule is O=C(O)C1C2CCCC2CN1C(=O)CCCNc1ccc([N+](=O)[O-])cc1. The molecule has 3 unspecified atom stereocenters. The van der Waals surface area contributed by atoms with Gasteiger partial charge in [-0.15, -0.1) is 0 Å². The van der Waals surface area contributed by atoms with Crippen molar-refractivity contribution in [3.63, 3.8) is 0 Å². The van der Waals surface area contributed by atoms with Gasteiger partial charge in [0.1, 0.15) is 6.04 Å². The molecule has 0 bridgehead atoms. The summed E-state index contributed by atoms with van der Waals surface area (Å²) in [5.41, 5.74) is 0.784. The summed E-state index contributed by atoms with van der Waals surface area (Å²) in [6, 6.07) is 5.43. The molecule has 1 saturated carbocycles. The van der Waals surface area contributed by atoms with Crippen LogP contribution in [0.5, 0.6) is 0 Å². The number of nitrogens with one attached hydrogen (secondary N) is 1. The lowest BCUT2D eigenvalue weighted by atomic mass is 9.94. The number of aliphatic carboxylic acids is 1. The third-order valence-electron chi connectivity index (χ3n) is 5.44. The second-order valence-electron chi connectivity index (χ2n) is 7.02. The molecule has 1 heterocycles. The maximum absolute atomic E-state index is 12.5. The zero-order chi connectivity index (χ0) is 18.7. The maximum Gasteiger partial charge on any atom is 0.326 e. The smallest absolute Gasteiger partial charge is 0.326 e. The van der Waals surface area contributed by atoms with E-state index in [9.17, 15) is 24.8 Å². The number of hydrogen-bond donors (Lipinski definition) is 2. The van der Waals surface area contributed by atoms with Crippen molar-refractivity contribution in [1.82, 2.24) is 4.90 Å². The first-order chi connectivity index (χ1) is 12.5. The zero-order valence-corrected chi connectivity index (χ0v) is 14.5. The fraction of sp³-hybridized carbons (Fsp3) is 0.556. The largest absolute Gasteiger partial charge is 0.480 e. The van der Waals surface area contributed by atoms with Crippen LogP contribution in [0.4, 0.5) is 11.4 Å². The number of likely N-dealkylation sites (tertiary alicyclic amines) is 1. The Labute approximate surface area is 151 Å². The Balaban J connectivity index is 1.46. The van der Waals surface area contributed by atoms with Crippen LogP contribution < -0.4 is 5.32 Å². The van der Waals surface area contributed by atoms with Crippen LogP contribution in [0, 0.1) is 22.0 Å². The van der Waals surface area contributed by atoms with E-state index in [4.69, 9.17) is 0 Å². The molecule has 2 N–H and O–H groups in total. The van der Waals surface area contributed by atoms with Gasteiger partial charge in [0.2, 0.25) is 5.91 Å². The van der Waals surface area contributed by atoms with Crippen molar-refractivity contribution < 1.29 is 19.6 Å². The number of benzene rings is 1. The van der Waals surface area contributed by atoms with Crippen molar-refractivity contribution in [3.8, 4) is 0 Å². The Morgan fingerprint density at radius 1 is 1.27 bits per heavy atom. The summed E-state index contributed by atoms with van der Waals surface area (Å²) in [4.78, 5) is 35.8. The Morgan fingerprint density at radius 3 is 2.65 bits per heavy atom. The molecule has 140 valence electrons. The topological polar surface area (TPSA) is 113 Å². The molecule has 1 aromatic rings. The molecule has 1 aliphatic heterocycles. The lowest BCUT2D eigenvalue weighted by molar-refractivity contribution is -0.384. The number of fused-ring (bicyclic) bond motifs is 1. The normalized spacial score (nSPS) is 24.3. The third kappa shape index (κ3) is 3.79. The molecule has 0 radical (unpaired) electrons. The molecule has 1 amide bonds. The summed E-state index contributed by atoms with van der Waals surface area (Å²) in [6.07, 6.45) is 3.84. The highest BCUT2D eigenvalue weighted by atomic mass is 16.6. The quantitative estimate of drug-likeness (QED) is 0.438. The molecule has 1 saturated heterocycles. The molecule has 2 aliphatic rings. The van der Waals surface area contributed by atoms with E-state index in [-0.39, 0.29) is 17.5 Å². The lowest BCUT2D eigenvalue weighted by Gasteiger charge is -2.24. The van der Waals surface area contributed by atoms with Gasteiger partial charge >= 0.3 is 5.97 Å². The van der Waals surface area contributed by atoms with Gasteiger partial charge in [-0.25, -0.2) is 4.79 Å². The van der Waals surface area contributed by atoms with E-state index in [1.54, 1.807) is 17.0 Å². The Bertz CT molecular complexity index is 691. The van der Waals surface area contributed by atoms with E-state index in [2.05, 4.69) is 5.32 Å². The van der Waals surface area contributed by atoms with Crippen LogP contribution in [0.1, 0.15) is 32.1 Å². The number of carbonyl (C=O) groups is 2. The number of rotatable bonds is 7. The van der Waals surface area contributed by atoms with Gasteiger partial charge < -0.3 is 15.3 Å². The van der Waals surface area contributed by atoms with Crippen molar-refractivity contribution in [3.05, 3.63) is 34.4 Å². The van der Waals surface area contributed by atoms with Gasteiger partial charge in [-0.05, 0) is 43.2 Å². The van der Waals surface area contributed by atoms with Gasteiger partial charge in [-0.3, -0.25) is 14.9 Å². The molecular weight excluding hydrogens is 338 g/mol. The summed E-state index contributed by atoms with van der Waals surface area (Å²) in [5, 5.41) is 23.2. The van der Waals surface area contributed by atoms with E-state index >= 15 is 0 Å². The van der Waals surface area contributed by atoms with Crippen LogP contribution in [0.25, 0.3) is 0 Å². The molecular formula is C18H23N3O5. The van der Waals surface area contributed by atoms with Gasteiger partial charge in [0.25, 0.3) is 5.69 Å². The second kappa shape index (κ2) is 7.72. The van der Waals surface area contributed by atoms with E-state index < -0.39 is 16.9 Å². The van der Waals surface area contributed by atoms with Crippen LogP contribution in [0.3, 0.4) is 0 Å². The second-order valence-corrected chi connectivity index (χ2v) is 7.02. The Hall–Kier alpha value is -2.64. The van der Waals surface area contributed by atoms with Gasteiger partial charge in [-0.1, -0.05) is 6.42 Å². The maximum atomic E-state index is 12.5. The van der Waals surface area contributed by atoms with Gasteiger partial charge in [-0.2, -0.15) is 0 Å². The monoisotopic (exact) mass is 361 g/mol. The summed E-state index contributed by atoms with van der Waals surface area (Å²) in [6.45, 7) is 1.11. The lowest BCUT2D eigenvalue weighted by Crippen LogP contribution is -2.43. The van der Waals surface area contributed by atoms with E-state index in [0.717, 1.165) is 24.9 Å². The zero-order valence-electron chi connectivity index (χ0n) is 14.5. The average molecular weight is 361 g/mol. The fourth-order valence-corrected chi connectivity index (χ4v) is 4.20. The molecule has 8 heteroatoms. The summed E-state index contributed by atoms with van der Waals surface area (Å²) < 4.78 is 0. The van der Waals surface area contributed by atoms with Crippen molar-refractivity contribution in [2.45, 2.75) is 38.1 Å². The highest BCUT2D eigenvalue weighted by molar-refractivity contribution is 5.84. The molecule has 3 atom stereocenters. The number of carbonyl (C=O) groups excluding carboxylic acids is 1. The molecule has 26 heavy (non-hydrogen) atoms. The molecule has 3 rings (SSSR count). The predicted molar refractivity (Wildman–Crippen MR) is 94.8 cm³/mol. The van der Waals surface area contributed by atoms with E-state index in [1.165, 1.54) is 12.1 Å². The van der Waals surface area contributed by atoms with Gasteiger partial charge in [0.15, 0.2) is 0 Å². The number of amides is 1. The molecule has 8 nitrogen and oxygen atoms in total. The Morgan fingerprint density at radius 2 is 2.00 bits per heavy atom. The van der Waals surface area contributed by atoms with Crippen molar-refractivity contribution in [2.24, 2.45) is 11.8 Å². The van der Waals surface area contributed by atoms with E-state index in [1.807, 2.05) is 0 Å². The van der Waals surface area contributed by atoms with Crippen molar-refractivity contribution >= 4 is 23.3 Å². The van der Waals surface area contributed by atoms with Crippen molar-refractivity contribution in [2.75, 3.05) is 18.4 Å². The first-order valence-corrected chi connectivity index (χ1v) is 8.98. The van der Waals surface area contributed by atoms with E-state index in [0.29, 0.717) is 31.8 Å². The fourth-order valence-electron chi connectivity index (χ4n) is 4.20. The highest BCUT2D eigenvalue weighted by Crippen LogP contribution is 2.42. The van der Waals surface area contributed by atoms with Gasteiger partial charge in [0.05, 0.1) is 4.92 Å². The average Bonchev–Trinajstić information content (AvgIpc) is 3.19. The minimum atomic E-state index is -0.892. The van der Waals surface area contributed by atoms with Gasteiger partial charge in [0, 0.05) is 37.3 Å². The standard InChI is InChI=1S/C18H23N3O5/c22-16(20-11-12-3-1-4-15(12)17(20)18(23)24)5-2-10-19-13-6-8-14(9-7-13)21(25)26/h6-9,12,15,17,19H,1-5,10-11H2,(H,23,24). The molecule has 1 aromatic carbocycles. The number of non-ortho nitro benzene ring substituents is 1. The van der Waals surface area contributed by atoms with Crippen LogP contribution in [0.15, 0.2) is 24.3 Å². The summed E-state index contributed by atoms with van der Waals surface area (Å²) in [5.74, 6) is -0.554. The molecule has 0 spiro atoms. The molecule has 0 aromatic heterocycles. The number of nitrogens with zero attached hydrogens (tertiary/aromatic N) is 2. The third-order valence-corrected chi connectivity index (χ3v) is 5.44. The first kappa shape index (κ1) is 18.2. The number of hydrogen-bond acceptors (Lipinski definition) is 5. The highest BCUT2D eigenvalue weighted by Gasteiger charge is 2.49.